The van der Waals surface area contributed by atoms with Gasteiger partial charge in [0.25, 0.3) is 5.91 Å². The minimum atomic E-state index is -1.16. The molecule has 3 aromatic rings. The number of hydrogen-bond acceptors (Lipinski definition) is 5. The molecular formula is C33H39N3O5. The second-order valence-corrected chi connectivity index (χ2v) is 12.1. The maximum atomic E-state index is 13.8. The molecule has 3 atom stereocenters. The Morgan fingerprint density at radius 2 is 1.68 bits per heavy atom. The maximum Gasteiger partial charge on any atom is 0.290 e. The Balaban J connectivity index is 1.59. The van der Waals surface area contributed by atoms with Gasteiger partial charge in [-0.05, 0) is 64.2 Å². The van der Waals surface area contributed by atoms with E-state index in [1.807, 2.05) is 72.3 Å². The quantitative estimate of drug-likeness (QED) is 0.269. The number of hydrogen-bond donors (Lipinski definition) is 2. The fourth-order valence-corrected chi connectivity index (χ4v) is 5.54. The van der Waals surface area contributed by atoms with Crippen molar-refractivity contribution in [2.24, 2.45) is 18.9 Å². The number of aromatic nitrogens is 1. The predicted octanol–water partition coefficient (Wildman–Crippen LogP) is 4.34. The molecule has 216 valence electrons. The molecule has 8 nitrogen and oxygen atoms in total. The summed E-state index contributed by atoms with van der Waals surface area (Å²) in [6.45, 7) is 5.29. The molecule has 0 saturated heterocycles. The van der Waals surface area contributed by atoms with Gasteiger partial charge in [-0.25, -0.2) is 0 Å². The maximum absolute atomic E-state index is 13.8. The Morgan fingerprint density at radius 1 is 1.00 bits per heavy atom. The van der Waals surface area contributed by atoms with E-state index in [0.717, 1.165) is 22.9 Å². The first-order valence-electron chi connectivity index (χ1n) is 14.2. The zero-order valence-electron chi connectivity index (χ0n) is 24.2. The van der Waals surface area contributed by atoms with E-state index in [0.29, 0.717) is 18.5 Å². The van der Waals surface area contributed by atoms with Gasteiger partial charge in [0.1, 0.15) is 5.78 Å². The third-order valence-corrected chi connectivity index (χ3v) is 7.66. The van der Waals surface area contributed by atoms with Gasteiger partial charge in [-0.15, -0.1) is 0 Å². The number of ketones is 3. The first kappa shape index (κ1) is 29.9. The molecule has 1 saturated carbocycles. The van der Waals surface area contributed by atoms with Crippen molar-refractivity contribution in [2.75, 3.05) is 0 Å². The summed E-state index contributed by atoms with van der Waals surface area (Å²) in [4.78, 5) is 65.9. The number of nitrogens with one attached hydrogen (secondary N) is 2. The van der Waals surface area contributed by atoms with E-state index in [2.05, 4.69) is 10.6 Å². The second-order valence-electron chi connectivity index (χ2n) is 12.1. The van der Waals surface area contributed by atoms with Gasteiger partial charge in [0.2, 0.25) is 11.7 Å². The average molecular weight is 558 g/mol. The number of para-hydroxylation sites is 1. The molecule has 0 spiro atoms. The molecule has 1 aliphatic carbocycles. The van der Waals surface area contributed by atoms with Crippen LogP contribution in [-0.2, 0) is 32.6 Å². The van der Waals surface area contributed by atoms with Crippen molar-refractivity contribution in [2.45, 2.75) is 70.9 Å². The number of rotatable bonds is 11. The Morgan fingerprint density at radius 3 is 2.32 bits per heavy atom. The van der Waals surface area contributed by atoms with Gasteiger partial charge in [-0.3, -0.25) is 24.0 Å². The highest BCUT2D eigenvalue weighted by atomic mass is 16.2. The molecule has 2 aromatic carbocycles. The molecule has 0 radical (unpaired) electrons. The lowest BCUT2D eigenvalue weighted by atomic mass is 9.90. The Bertz CT molecular complexity index is 1450. The van der Waals surface area contributed by atoms with Crippen LogP contribution in [0.25, 0.3) is 10.9 Å². The monoisotopic (exact) mass is 557 g/mol. The lowest BCUT2D eigenvalue weighted by Crippen LogP contribution is -2.53. The number of nitrogens with zero attached hydrogens (tertiary/aromatic N) is 1. The molecule has 0 bridgehead atoms. The molecule has 2 amide bonds. The number of amides is 2. The predicted molar refractivity (Wildman–Crippen MR) is 157 cm³/mol. The van der Waals surface area contributed by atoms with Gasteiger partial charge >= 0.3 is 0 Å². The Hall–Kier alpha value is -4.07. The van der Waals surface area contributed by atoms with Crippen LogP contribution in [0.15, 0.2) is 60.7 Å². The Labute approximate surface area is 240 Å². The van der Waals surface area contributed by atoms with Crippen LogP contribution in [0.3, 0.4) is 0 Å². The highest BCUT2D eigenvalue weighted by Crippen LogP contribution is 2.27. The summed E-state index contributed by atoms with van der Waals surface area (Å²) >= 11 is 0. The van der Waals surface area contributed by atoms with Crippen molar-refractivity contribution in [3.63, 3.8) is 0 Å². The summed E-state index contributed by atoms with van der Waals surface area (Å²) in [5, 5.41) is 6.39. The normalized spacial score (nSPS) is 16.8. The average Bonchev–Trinajstić information content (AvgIpc) is 3.49. The van der Waals surface area contributed by atoms with Crippen LogP contribution in [0.5, 0.6) is 0 Å². The van der Waals surface area contributed by atoms with Crippen LogP contribution in [0.1, 0.15) is 68.9 Å². The fraction of sp³-hybridized carbons (Fsp3) is 0.424. The van der Waals surface area contributed by atoms with Crippen molar-refractivity contribution >= 4 is 40.1 Å². The van der Waals surface area contributed by atoms with Gasteiger partial charge < -0.3 is 15.2 Å². The number of fused-ring (bicyclic) bond motifs is 1. The van der Waals surface area contributed by atoms with Crippen LogP contribution in [-0.4, -0.2) is 45.3 Å². The lowest BCUT2D eigenvalue weighted by Gasteiger charge is -2.25. The number of aryl methyl sites for hydroxylation is 1. The Kier molecular flexibility index (Phi) is 9.21. The number of carbonyl (C=O) groups is 5. The molecule has 1 aromatic heterocycles. The number of Topliss-reactive ketones (excluding diaryl/α,β-unsaturated/α-hetero) is 3. The lowest BCUT2D eigenvalue weighted by molar-refractivity contribution is -0.141. The van der Waals surface area contributed by atoms with Gasteiger partial charge in [-0.1, -0.05) is 48.5 Å². The molecule has 0 aliphatic heterocycles. The van der Waals surface area contributed by atoms with Gasteiger partial charge in [0.15, 0.2) is 5.78 Å². The minimum Gasteiger partial charge on any atom is -0.345 e. The molecular weight excluding hydrogens is 518 g/mol. The van der Waals surface area contributed by atoms with Crippen LogP contribution in [0.2, 0.25) is 0 Å². The molecule has 4 rings (SSSR count). The molecule has 0 unspecified atom stereocenters. The second kappa shape index (κ2) is 12.6. The van der Waals surface area contributed by atoms with E-state index in [9.17, 15) is 24.0 Å². The SMILES string of the molecule is Cn1c(C(=O)C[C@@H](Cc2ccccc2)C(=O)N[C@@H](C[C@@H]2CCCC2=O)C(=O)C(=O)NC(C)(C)C)cc2ccccc21. The number of benzene rings is 2. The summed E-state index contributed by atoms with van der Waals surface area (Å²) in [5.41, 5.74) is 1.63. The smallest absolute Gasteiger partial charge is 0.290 e. The standard InChI is InChI=1S/C33H39N3O5/c1-33(2,3)35-32(41)30(39)25(18-23-14-10-16-28(23)37)34-31(40)24(17-21-11-6-5-7-12-21)20-29(38)27-19-22-13-8-9-15-26(22)36(27)4/h5-9,11-13,15,19,23-25H,10,14,16-18,20H2,1-4H3,(H,34,40)(H,35,41)/t23-,24+,25-/m0/s1. The third kappa shape index (κ3) is 7.57. The largest absolute Gasteiger partial charge is 0.345 e. The van der Waals surface area contributed by atoms with Crippen LogP contribution in [0.4, 0.5) is 0 Å². The highest BCUT2D eigenvalue weighted by Gasteiger charge is 2.36. The van der Waals surface area contributed by atoms with Crippen LogP contribution >= 0.6 is 0 Å². The van der Waals surface area contributed by atoms with Crippen molar-refractivity contribution in [1.82, 2.24) is 15.2 Å². The van der Waals surface area contributed by atoms with Gasteiger partial charge in [0.05, 0.1) is 11.7 Å². The molecule has 41 heavy (non-hydrogen) atoms. The van der Waals surface area contributed by atoms with Crippen molar-refractivity contribution in [3.8, 4) is 0 Å². The van der Waals surface area contributed by atoms with E-state index < -0.39 is 41.0 Å². The summed E-state index contributed by atoms with van der Waals surface area (Å²) in [6, 6.07) is 17.7. The van der Waals surface area contributed by atoms with Crippen LogP contribution < -0.4 is 10.6 Å². The summed E-state index contributed by atoms with van der Waals surface area (Å²) in [5.74, 6) is -3.42. The molecule has 1 aliphatic rings. The van der Waals surface area contributed by atoms with Gasteiger partial charge in [-0.2, -0.15) is 0 Å². The van der Waals surface area contributed by atoms with Crippen molar-refractivity contribution in [3.05, 3.63) is 71.9 Å². The first-order valence-corrected chi connectivity index (χ1v) is 14.2. The van der Waals surface area contributed by atoms with E-state index in [1.54, 1.807) is 20.8 Å². The van der Waals surface area contributed by atoms with Gasteiger partial charge in [0, 0.05) is 48.2 Å². The van der Waals surface area contributed by atoms with E-state index >= 15 is 0 Å². The zero-order valence-corrected chi connectivity index (χ0v) is 24.2. The minimum absolute atomic E-state index is 0.0417. The fourth-order valence-electron chi connectivity index (χ4n) is 5.54. The molecule has 2 N–H and O–H groups in total. The molecule has 1 heterocycles. The van der Waals surface area contributed by atoms with E-state index in [1.165, 1.54) is 0 Å². The summed E-state index contributed by atoms with van der Waals surface area (Å²) in [6.07, 6.45) is 2.04. The molecule has 8 heteroatoms. The molecule has 1 fully saturated rings. The zero-order chi connectivity index (χ0) is 29.7. The summed E-state index contributed by atoms with van der Waals surface area (Å²) < 4.78 is 1.82. The first-order chi connectivity index (χ1) is 19.4. The topological polar surface area (TPSA) is 114 Å². The third-order valence-electron chi connectivity index (χ3n) is 7.66. The van der Waals surface area contributed by atoms with Crippen LogP contribution in [0, 0.1) is 11.8 Å². The van der Waals surface area contributed by atoms with E-state index in [4.69, 9.17) is 0 Å². The number of carbonyl (C=O) groups excluding carboxylic acids is 5. The van der Waals surface area contributed by atoms with Crippen molar-refractivity contribution in [1.29, 1.82) is 0 Å². The van der Waals surface area contributed by atoms with E-state index in [-0.39, 0.29) is 30.8 Å². The summed E-state index contributed by atoms with van der Waals surface area (Å²) in [7, 11) is 1.82. The highest BCUT2D eigenvalue weighted by molar-refractivity contribution is 6.38. The van der Waals surface area contributed by atoms with Crippen molar-refractivity contribution < 1.29 is 24.0 Å².